The Hall–Kier alpha value is -2.34. The standard InChI is InChI=1S/C25H34N2O3S/c1-4-24(15-17-25(5-2,18-16-24)20-11-7-6-8-12-20)19-27(23(26)28)21-13-9-10-14-22(21)31(3,29)30/h6-14H,4-5,15-19H2,1-3H3,(H2,26,28). The summed E-state index contributed by atoms with van der Waals surface area (Å²) in [4.78, 5) is 14.1. The van der Waals surface area contributed by atoms with Crippen LogP contribution in [0.15, 0.2) is 59.5 Å². The molecule has 0 aromatic heterocycles. The van der Waals surface area contributed by atoms with Crippen LogP contribution in [0.1, 0.15) is 57.9 Å². The van der Waals surface area contributed by atoms with E-state index in [1.54, 1.807) is 18.2 Å². The average Bonchev–Trinajstić information content (AvgIpc) is 2.78. The fourth-order valence-corrected chi connectivity index (χ4v) is 6.02. The van der Waals surface area contributed by atoms with Gasteiger partial charge in [0.2, 0.25) is 0 Å². The summed E-state index contributed by atoms with van der Waals surface area (Å²) in [6, 6.07) is 16.7. The molecule has 1 aliphatic rings. The summed E-state index contributed by atoms with van der Waals surface area (Å²) in [6.07, 6.45) is 7.17. The molecule has 2 aromatic rings. The number of hydrogen-bond donors (Lipinski definition) is 1. The van der Waals surface area contributed by atoms with Crippen LogP contribution >= 0.6 is 0 Å². The van der Waals surface area contributed by atoms with Gasteiger partial charge in [-0.2, -0.15) is 0 Å². The molecule has 0 spiro atoms. The second-order valence-corrected chi connectivity index (χ2v) is 11.0. The first kappa shape index (κ1) is 23.3. The monoisotopic (exact) mass is 442 g/mol. The molecular formula is C25H34N2O3S. The SMILES string of the molecule is CCC1(CN(C(N)=O)c2ccccc2S(C)(=O)=O)CCC(CC)(c2ccccc2)CC1. The van der Waals surface area contributed by atoms with Gasteiger partial charge in [0, 0.05) is 12.8 Å². The van der Waals surface area contributed by atoms with Crippen LogP contribution in [0.4, 0.5) is 10.5 Å². The summed E-state index contributed by atoms with van der Waals surface area (Å²) in [5.74, 6) is 0. The third-order valence-corrected chi connectivity index (χ3v) is 8.54. The molecule has 0 aliphatic heterocycles. The molecule has 0 radical (unpaired) electrons. The van der Waals surface area contributed by atoms with E-state index in [0.29, 0.717) is 12.2 Å². The average molecular weight is 443 g/mol. The molecule has 1 fully saturated rings. The second-order valence-electron chi connectivity index (χ2n) is 9.02. The number of hydrogen-bond acceptors (Lipinski definition) is 3. The summed E-state index contributed by atoms with van der Waals surface area (Å²) in [5.41, 5.74) is 7.60. The fraction of sp³-hybridized carbons (Fsp3) is 0.480. The summed E-state index contributed by atoms with van der Waals surface area (Å²) in [5, 5.41) is 0. The van der Waals surface area contributed by atoms with Crippen molar-refractivity contribution >= 4 is 21.6 Å². The molecule has 168 valence electrons. The summed E-state index contributed by atoms with van der Waals surface area (Å²) >= 11 is 0. The first-order valence-corrected chi connectivity index (χ1v) is 13.0. The van der Waals surface area contributed by atoms with Gasteiger partial charge in [-0.15, -0.1) is 0 Å². The van der Waals surface area contributed by atoms with E-state index >= 15 is 0 Å². The molecule has 2 amide bonds. The van der Waals surface area contributed by atoms with Gasteiger partial charge < -0.3 is 5.73 Å². The number of amides is 2. The van der Waals surface area contributed by atoms with Crippen molar-refractivity contribution in [3.8, 4) is 0 Å². The molecule has 6 heteroatoms. The number of anilines is 1. The van der Waals surface area contributed by atoms with Crippen LogP contribution in [0.25, 0.3) is 0 Å². The largest absolute Gasteiger partial charge is 0.351 e. The molecule has 2 N–H and O–H groups in total. The smallest absolute Gasteiger partial charge is 0.319 e. The van der Waals surface area contributed by atoms with Gasteiger partial charge >= 0.3 is 6.03 Å². The summed E-state index contributed by atoms with van der Waals surface area (Å²) < 4.78 is 24.6. The van der Waals surface area contributed by atoms with Crippen LogP contribution in [0.3, 0.4) is 0 Å². The number of para-hydroxylation sites is 1. The molecule has 0 heterocycles. The van der Waals surface area contributed by atoms with Gasteiger partial charge in [0.1, 0.15) is 0 Å². The van der Waals surface area contributed by atoms with Crippen molar-refractivity contribution in [1.29, 1.82) is 0 Å². The van der Waals surface area contributed by atoms with E-state index in [2.05, 4.69) is 44.2 Å². The number of benzene rings is 2. The highest BCUT2D eigenvalue weighted by atomic mass is 32.2. The van der Waals surface area contributed by atoms with Crippen molar-refractivity contribution < 1.29 is 13.2 Å². The first-order chi connectivity index (χ1) is 14.7. The van der Waals surface area contributed by atoms with Crippen molar-refractivity contribution in [2.45, 2.75) is 62.7 Å². The van der Waals surface area contributed by atoms with Crippen molar-refractivity contribution in [2.75, 3.05) is 17.7 Å². The van der Waals surface area contributed by atoms with Crippen LogP contribution in [0.2, 0.25) is 0 Å². The molecular weight excluding hydrogens is 408 g/mol. The molecule has 31 heavy (non-hydrogen) atoms. The minimum Gasteiger partial charge on any atom is -0.351 e. The van der Waals surface area contributed by atoms with Crippen LogP contribution in [0.5, 0.6) is 0 Å². The van der Waals surface area contributed by atoms with Gasteiger partial charge in [0.25, 0.3) is 0 Å². The Kier molecular flexibility index (Phi) is 6.79. The number of sulfone groups is 1. The number of nitrogens with two attached hydrogens (primary N) is 1. The highest BCUT2D eigenvalue weighted by Gasteiger charge is 2.43. The zero-order chi connectivity index (χ0) is 22.7. The Morgan fingerprint density at radius 2 is 1.52 bits per heavy atom. The lowest BCUT2D eigenvalue weighted by Gasteiger charge is -2.48. The first-order valence-electron chi connectivity index (χ1n) is 11.1. The maximum Gasteiger partial charge on any atom is 0.319 e. The van der Waals surface area contributed by atoms with Crippen LogP contribution in [-0.2, 0) is 15.3 Å². The molecule has 0 bridgehead atoms. The number of primary amides is 1. The minimum atomic E-state index is -3.49. The van der Waals surface area contributed by atoms with E-state index in [-0.39, 0.29) is 15.7 Å². The molecule has 1 aliphatic carbocycles. The number of carbonyl (C=O) groups excluding carboxylic acids is 1. The molecule has 3 rings (SSSR count). The molecule has 0 unspecified atom stereocenters. The van der Waals surface area contributed by atoms with Crippen LogP contribution in [-0.4, -0.2) is 27.2 Å². The van der Waals surface area contributed by atoms with E-state index in [9.17, 15) is 13.2 Å². The maximum absolute atomic E-state index is 12.5. The third kappa shape index (κ3) is 4.79. The lowest BCUT2D eigenvalue weighted by atomic mass is 9.59. The van der Waals surface area contributed by atoms with E-state index in [1.165, 1.54) is 16.5 Å². The normalized spacial score (nSPS) is 24.0. The van der Waals surface area contributed by atoms with Gasteiger partial charge in [-0.1, -0.05) is 56.3 Å². The van der Waals surface area contributed by atoms with E-state index < -0.39 is 15.9 Å². The Labute approximate surface area is 186 Å². The Morgan fingerprint density at radius 1 is 0.935 bits per heavy atom. The van der Waals surface area contributed by atoms with Crippen LogP contribution in [0, 0.1) is 5.41 Å². The Balaban J connectivity index is 1.90. The molecule has 0 atom stereocenters. The molecule has 5 nitrogen and oxygen atoms in total. The predicted molar refractivity (Wildman–Crippen MR) is 126 cm³/mol. The van der Waals surface area contributed by atoms with E-state index in [4.69, 9.17) is 5.73 Å². The van der Waals surface area contributed by atoms with E-state index in [1.807, 2.05) is 0 Å². The zero-order valence-electron chi connectivity index (χ0n) is 18.8. The Morgan fingerprint density at radius 3 is 2.03 bits per heavy atom. The zero-order valence-corrected chi connectivity index (χ0v) is 19.6. The van der Waals surface area contributed by atoms with Crippen molar-refractivity contribution in [1.82, 2.24) is 0 Å². The van der Waals surface area contributed by atoms with Crippen LogP contribution < -0.4 is 10.6 Å². The number of urea groups is 1. The fourth-order valence-electron chi connectivity index (χ4n) is 5.13. The van der Waals surface area contributed by atoms with E-state index in [0.717, 1.165) is 44.8 Å². The van der Waals surface area contributed by atoms with Gasteiger partial charge in [-0.25, -0.2) is 13.2 Å². The third-order valence-electron chi connectivity index (χ3n) is 7.40. The molecule has 1 saturated carbocycles. The lowest BCUT2D eigenvalue weighted by Crippen LogP contribution is -2.47. The number of nitrogens with zero attached hydrogens (tertiary/aromatic N) is 1. The summed E-state index contributed by atoms with van der Waals surface area (Å²) in [7, 11) is -3.49. The predicted octanol–water partition coefficient (Wildman–Crippen LogP) is 5.29. The van der Waals surface area contributed by atoms with Gasteiger partial charge in [0.05, 0.1) is 10.6 Å². The minimum absolute atomic E-state index is 0.0902. The topological polar surface area (TPSA) is 80.5 Å². The summed E-state index contributed by atoms with van der Waals surface area (Å²) in [6.45, 7) is 4.84. The van der Waals surface area contributed by atoms with Gasteiger partial charge in [0.15, 0.2) is 9.84 Å². The lowest BCUT2D eigenvalue weighted by molar-refractivity contribution is 0.123. The molecule has 0 saturated heterocycles. The molecule has 2 aromatic carbocycles. The maximum atomic E-state index is 12.5. The second kappa shape index (κ2) is 9.03. The van der Waals surface area contributed by atoms with Crippen molar-refractivity contribution in [3.05, 3.63) is 60.2 Å². The number of rotatable bonds is 7. The quantitative estimate of drug-likeness (QED) is 0.632. The van der Waals surface area contributed by atoms with Gasteiger partial charge in [-0.3, -0.25) is 4.90 Å². The Bertz CT molecular complexity index is 1010. The van der Waals surface area contributed by atoms with Gasteiger partial charge in [-0.05, 0) is 67.1 Å². The van der Waals surface area contributed by atoms with Crippen molar-refractivity contribution in [3.63, 3.8) is 0 Å². The van der Waals surface area contributed by atoms with Crippen molar-refractivity contribution in [2.24, 2.45) is 11.1 Å². The number of carbonyl (C=O) groups is 1. The highest BCUT2D eigenvalue weighted by Crippen LogP contribution is 2.51. The highest BCUT2D eigenvalue weighted by molar-refractivity contribution is 7.90.